The summed E-state index contributed by atoms with van der Waals surface area (Å²) in [5.74, 6) is 0. The van der Waals surface area contributed by atoms with E-state index in [-0.39, 0.29) is 0 Å². The molecule has 2 nitrogen and oxygen atoms in total. The van der Waals surface area contributed by atoms with Crippen LogP contribution in [0, 0.1) is 6.92 Å². The molecule has 140 valence electrons. The Balaban J connectivity index is 1.67. The molecular formula is C23H17F3N2. The minimum absolute atomic E-state index is 0.482. The Kier molecular flexibility index (Phi) is 4.51. The van der Waals surface area contributed by atoms with E-state index in [4.69, 9.17) is 0 Å². The third kappa shape index (κ3) is 3.69. The summed E-state index contributed by atoms with van der Waals surface area (Å²) < 4.78 is 38.9. The van der Waals surface area contributed by atoms with Gasteiger partial charge in [0.2, 0.25) is 0 Å². The van der Waals surface area contributed by atoms with Gasteiger partial charge < -0.3 is 4.98 Å². The van der Waals surface area contributed by atoms with Crippen molar-refractivity contribution in [2.24, 2.45) is 0 Å². The van der Waals surface area contributed by atoms with Gasteiger partial charge in [0.15, 0.2) is 0 Å². The third-order valence-corrected chi connectivity index (χ3v) is 4.61. The predicted octanol–water partition coefficient (Wildman–Crippen LogP) is 6.74. The van der Waals surface area contributed by atoms with Gasteiger partial charge >= 0.3 is 6.18 Å². The molecule has 4 rings (SSSR count). The maximum absolute atomic E-state index is 13.0. The summed E-state index contributed by atoms with van der Waals surface area (Å²) in [6.45, 7) is 2.04. The first-order valence-electron chi connectivity index (χ1n) is 8.80. The van der Waals surface area contributed by atoms with Crippen LogP contribution in [0.3, 0.4) is 0 Å². The van der Waals surface area contributed by atoms with Crippen molar-refractivity contribution in [3.63, 3.8) is 0 Å². The number of aromatic nitrogens is 2. The summed E-state index contributed by atoms with van der Waals surface area (Å²) >= 11 is 0. The lowest BCUT2D eigenvalue weighted by atomic mass is 10.0. The zero-order valence-electron chi connectivity index (χ0n) is 15.1. The lowest BCUT2D eigenvalue weighted by molar-refractivity contribution is -0.137. The van der Waals surface area contributed by atoms with Gasteiger partial charge in [-0.25, -0.2) is 0 Å². The van der Waals surface area contributed by atoms with Crippen LogP contribution in [-0.4, -0.2) is 9.97 Å². The Hall–Kier alpha value is -3.34. The number of pyridine rings is 1. The molecular weight excluding hydrogens is 361 g/mol. The van der Waals surface area contributed by atoms with Crippen molar-refractivity contribution in [3.8, 4) is 33.8 Å². The van der Waals surface area contributed by atoms with Crippen LogP contribution in [0.25, 0.3) is 33.8 Å². The number of halogens is 3. The van der Waals surface area contributed by atoms with E-state index in [1.165, 1.54) is 11.6 Å². The highest BCUT2D eigenvalue weighted by Gasteiger charge is 2.30. The van der Waals surface area contributed by atoms with Crippen molar-refractivity contribution < 1.29 is 13.2 Å². The molecule has 2 aromatic carbocycles. The largest absolute Gasteiger partial charge is 0.416 e. The Bertz CT molecular complexity index is 1110. The van der Waals surface area contributed by atoms with Gasteiger partial charge in [-0.3, -0.25) is 4.98 Å². The van der Waals surface area contributed by atoms with Crippen molar-refractivity contribution in [1.29, 1.82) is 0 Å². The molecule has 4 aromatic rings. The third-order valence-electron chi connectivity index (χ3n) is 4.61. The standard InChI is InChI=1S/C23H17F3N2/c1-15-5-7-16(8-6-15)17-11-12-27-22(14-17)21-10-9-20(28-21)18-3-2-4-19(13-18)23(24,25)26/h2-14,28H,1H3. The normalized spacial score (nSPS) is 11.6. The van der Waals surface area contributed by atoms with E-state index in [2.05, 4.69) is 34.2 Å². The fraction of sp³-hybridized carbons (Fsp3) is 0.0870. The van der Waals surface area contributed by atoms with Crippen LogP contribution < -0.4 is 0 Å². The summed E-state index contributed by atoms with van der Waals surface area (Å²) in [4.78, 5) is 7.59. The number of nitrogens with one attached hydrogen (secondary N) is 1. The summed E-state index contributed by atoms with van der Waals surface area (Å²) in [5, 5.41) is 0. The number of H-pyrrole nitrogens is 1. The average molecular weight is 378 g/mol. The van der Waals surface area contributed by atoms with Crippen molar-refractivity contribution in [2.75, 3.05) is 0 Å². The van der Waals surface area contributed by atoms with E-state index in [1.807, 2.05) is 25.1 Å². The van der Waals surface area contributed by atoms with E-state index >= 15 is 0 Å². The molecule has 0 amide bonds. The molecule has 1 N–H and O–H groups in total. The second-order valence-corrected chi connectivity index (χ2v) is 6.66. The Morgan fingerprint density at radius 3 is 2.25 bits per heavy atom. The van der Waals surface area contributed by atoms with Crippen LogP contribution in [0.1, 0.15) is 11.1 Å². The molecule has 0 atom stereocenters. The summed E-state index contributed by atoms with van der Waals surface area (Å²) in [6.07, 6.45) is -2.63. The Labute approximate surface area is 160 Å². The number of aryl methyl sites for hydroxylation is 1. The summed E-state index contributed by atoms with van der Waals surface area (Å²) in [6, 6.07) is 21.0. The molecule has 0 bridgehead atoms. The van der Waals surface area contributed by atoms with Crippen LogP contribution in [-0.2, 0) is 6.18 Å². The summed E-state index contributed by atoms with van der Waals surface area (Å²) in [7, 11) is 0. The Morgan fingerprint density at radius 2 is 1.50 bits per heavy atom. The molecule has 0 aliphatic carbocycles. The molecule has 2 heterocycles. The molecule has 0 radical (unpaired) electrons. The lowest BCUT2D eigenvalue weighted by Crippen LogP contribution is -2.04. The molecule has 0 unspecified atom stereocenters. The molecule has 0 saturated carbocycles. The number of aromatic amines is 1. The van der Waals surface area contributed by atoms with Gasteiger partial charge in [-0.1, -0.05) is 42.0 Å². The van der Waals surface area contributed by atoms with Gasteiger partial charge in [0.1, 0.15) is 0 Å². The molecule has 28 heavy (non-hydrogen) atoms. The van der Waals surface area contributed by atoms with Gasteiger partial charge in [-0.15, -0.1) is 0 Å². The second-order valence-electron chi connectivity index (χ2n) is 6.66. The minimum Gasteiger partial charge on any atom is -0.353 e. The van der Waals surface area contributed by atoms with Crippen molar-refractivity contribution >= 4 is 0 Å². The maximum atomic E-state index is 13.0. The van der Waals surface area contributed by atoms with Crippen molar-refractivity contribution in [3.05, 3.63) is 90.1 Å². The fourth-order valence-electron chi connectivity index (χ4n) is 3.08. The fourth-order valence-corrected chi connectivity index (χ4v) is 3.08. The number of hydrogen-bond donors (Lipinski definition) is 1. The highest BCUT2D eigenvalue weighted by atomic mass is 19.4. The van der Waals surface area contributed by atoms with Gasteiger partial charge in [0, 0.05) is 11.9 Å². The van der Waals surface area contributed by atoms with E-state index < -0.39 is 11.7 Å². The molecule has 0 aliphatic rings. The van der Waals surface area contributed by atoms with Gasteiger partial charge in [0.25, 0.3) is 0 Å². The number of rotatable bonds is 3. The molecule has 5 heteroatoms. The van der Waals surface area contributed by atoms with Gasteiger partial charge in [0.05, 0.1) is 17.0 Å². The molecule has 2 aromatic heterocycles. The first kappa shape index (κ1) is 18.0. The highest BCUT2D eigenvalue weighted by Crippen LogP contribution is 2.33. The highest BCUT2D eigenvalue weighted by molar-refractivity contribution is 5.72. The van der Waals surface area contributed by atoms with Crippen LogP contribution in [0.15, 0.2) is 79.0 Å². The number of benzene rings is 2. The van der Waals surface area contributed by atoms with Crippen molar-refractivity contribution in [1.82, 2.24) is 9.97 Å². The topological polar surface area (TPSA) is 28.7 Å². The first-order chi connectivity index (χ1) is 13.4. The van der Waals surface area contributed by atoms with E-state index in [0.717, 1.165) is 34.6 Å². The molecule has 0 spiro atoms. The monoisotopic (exact) mass is 378 g/mol. The molecule has 0 fully saturated rings. The number of alkyl halides is 3. The first-order valence-corrected chi connectivity index (χ1v) is 8.80. The molecule has 0 saturated heterocycles. The van der Waals surface area contributed by atoms with Crippen molar-refractivity contribution in [2.45, 2.75) is 13.1 Å². The van der Waals surface area contributed by atoms with Gasteiger partial charge in [-0.05, 0) is 60.0 Å². The predicted molar refractivity (Wildman–Crippen MR) is 105 cm³/mol. The van der Waals surface area contributed by atoms with E-state index in [0.29, 0.717) is 11.3 Å². The second kappa shape index (κ2) is 7.00. The number of nitrogens with zero attached hydrogens (tertiary/aromatic N) is 1. The minimum atomic E-state index is -4.37. The van der Waals surface area contributed by atoms with Gasteiger partial charge in [-0.2, -0.15) is 13.2 Å². The lowest BCUT2D eigenvalue weighted by Gasteiger charge is -2.08. The SMILES string of the molecule is Cc1ccc(-c2ccnc(-c3ccc(-c4cccc(C(F)(F)F)c4)[nH]3)c2)cc1. The van der Waals surface area contributed by atoms with E-state index in [9.17, 15) is 13.2 Å². The van der Waals surface area contributed by atoms with E-state index in [1.54, 1.807) is 18.3 Å². The van der Waals surface area contributed by atoms with Crippen LogP contribution in [0.4, 0.5) is 13.2 Å². The summed E-state index contributed by atoms with van der Waals surface area (Å²) in [5.41, 5.74) is 5.21. The van der Waals surface area contributed by atoms with Crippen LogP contribution in [0.5, 0.6) is 0 Å². The Morgan fingerprint density at radius 1 is 0.750 bits per heavy atom. The number of hydrogen-bond acceptors (Lipinski definition) is 1. The smallest absolute Gasteiger partial charge is 0.353 e. The van der Waals surface area contributed by atoms with Crippen LogP contribution in [0.2, 0.25) is 0 Å². The zero-order chi connectivity index (χ0) is 19.7. The maximum Gasteiger partial charge on any atom is 0.416 e. The quantitative estimate of drug-likeness (QED) is 0.420. The van der Waals surface area contributed by atoms with Crippen LogP contribution >= 0.6 is 0 Å². The zero-order valence-corrected chi connectivity index (χ0v) is 15.1. The molecule has 0 aliphatic heterocycles. The average Bonchev–Trinajstić information content (AvgIpc) is 3.18.